The summed E-state index contributed by atoms with van der Waals surface area (Å²) in [6.45, 7) is 13.6. The zero-order chi connectivity index (χ0) is 25.0. The second kappa shape index (κ2) is 31.0. The molecule has 0 heteroatoms. The third kappa shape index (κ3) is 24.0. The number of benzene rings is 2. The molecule has 0 radical (unpaired) electrons. The highest BCUT2D eigenvalue weighted by molar-refractivity contribution is 5.17. The van der Waals surface area contributed by atoms with Gasteiger partial charge in [0.1, 0.15) is 0 Å². The molecule has 0 saturated heterocycles. The van der Waals surface area contributed by atoms with Crippen LogP contribution in [0.25, 0.3) is 0 Å². The van der Waals surface area contributed by atoms with Crippen LogP contribution in [-0.2, 0) is 6.42 Å². The van der Waals surface area contributed by atoms with Gasteiger partial charge < -0.3 is 0 Å². The number of hydrogen-bond acceptors (Lipinski definition) is 0. The Kier molecular flexibility index (Phi) is 37.5. The maximum absolute atomic E-state index is 2.36. The second-order valence-electron chi connectivity index (χ2n) is 11.0. The van der Waals surface area contributed by atoms with E-state index in [1.54, 1.807) is 0 Å². The second-order valence-corrected chi connectivity index (χ2v) is 11.0. The predicted octanol–water partition coefficient (Wildman–Crippen LogP) is 14.4. The third-order valence-corrected chi connectivity index (χ3v) is 7.61. The Bertz CT molecular complexity index is 658. The Hall–Kier alpha value is -1.56. The molecule has 0 N–H and O–H groups in total. The predicted molar refractivity (Wildman–Crippen MR) is 188 cm³/mol. The topological polar surface area (TPSA) is 0 Å². The fourth-order valence-corrected chi connectivity index (χ4v) is 4.95. The first-order valence-corrected chi connectivity index (χ1v) is 14.6. The van der Waals surface area contributed by atoms with Gasteiger partial charge in [0, 0.05) is 0 Å². The van der Waals surface area contributed by atoms with Crippen molar-refractivity contribution >= 4 is 0 Å². The van der Waals surface area contributed by atoms with Crippen LogP contribution >= 0.6 is 0 Å². The smallest absolute Gasteiger partial charge is 0.0219 e. The van der Waals surface area contributed by atoms with Crippen LogP contribution in [0.1, 0.15) is 166 Å². The summed E-state index contributed by atoms with van der Waals surface area (Å²) in [6, 6.07) is 21.0. The summed E-state index contributed by atoms with van der Waals surface area (Å²) >= 11 is 0. The van der Waals surface area contributed by atoms with Crippen molar-refractivity contribution in [3.63, 3.8) is 0 Å². The quantitative estimate of drug-likeness (QED) is 0.359. The zero-order valence-electron chi connectivity index (χ0n) is 23.6. The van der Waals surface area contributed by atoms with E-state index in [-0.39, 0.29) is 37.1 Å². The minimum atomic E-state index is 0. The van der Waals surface area contributed by atoms with Gasteiger partial charge in [-0.05, 0) is 41.2 Å². The summed E-state index contributed by atoms with van der Waals surface area (Å²) in [6.07, 6.45) is 17.5. The molecule has 0 unspecified atom stereocenters. The van der Waals surface area contributed by atoms with Crippen LogP contribution in [0.2, 0.25) is 0 Å². The maximum Gasteiger partial charge on any atom is -0.0219 e. The summed E-state index contributed by atoms with van der Waals surface area (Å²) < 4.78 is 0. The number of rotatable bonds is 4. The molecule has 0 nitrogen and oxygen atoms in total. The van der Waals surface area contributed by atoms with E-state index in [9.17, 15) is 0 Å². The fraction of sp³-hybridized carbons (Fsp3) is 0.692. The first-order valence-electron chi connectivity index (χ1n) is 14.6. The standard InChI is InChI=1S/C9H18.C9H12.C8H16.C8H10.5CH4/c2*1-8(2)9-6-4-3-5-7-9;2*1-2-8-6-4-3-5-7-8;;;;;/h8-9H,3-7H2,1-2H3;3-8H,1-2H3;8H,2-7H2,1H3;3-7H,2H2,1H3;5*1H4. The first-order chi connectivity index (χ1) is 16.5. The van der Waals surface area contributed by atoms with Gasteiger partial charge in [0.15, 0.2) is 0 Å². The van der Waals surface area contributed by atoms with Crippen LogP contribution in [0, 0.1) is 17.8 Å². The van der Waals surface area contributed by atoms with E-state index in [0.717, 1.165) is 24.2 Å². The molecule has 4 rings (SSSR count). The summed E-state index contributed by atoms with van der Waals surface area (Å²) in [4.78, 5) is 0. The van der Waals surface area contributed by atoms with E-state index in [1.165, 1.54) is 81.8 Å². The van der Waals surface area contributed by atoms with Gasteiger partial charge in [0.05, 0.1) is 0 Å². The highest BCUT2D eigenvalue weighted by Gasteiger charge is 2.15. The molecule has 0 spiro atoms. The number of aryl methyl sites for hydroxylation is 1. The fourth-order valence-electron chi connectivity index (χ4n) is 4.95. The summed E-state index contributed by atoms with van der Waals surface area (Å²) in [7, 11) is 0. The Balaban J connectivity index is -0.000000126. The van der Waals surface area contributed by atoms with Gasteiger partial charge in [-0.3, -0.25) is 0 Å². The van der Waals surface area contributed by atoms with E-state index < -0.39 is 0 Å². The van der Waals surface area contributed by atoms with Gasteiger partial charge in [0.25, 0.3) is 0 Å². The van der Waals surface area contributed by atoms with Gasteiger partial charge in [-0.25, -0.2) is 0 Å². The van der Waals surface area contributed by atoms with Crippen molar-refractivity contribution in [1.29, 1.82) is 0 Å². The van der Waals surface area contributed by atoms with Crippen molar-refractivity contribution in [2.45, 2.75) is 162 Å². The molecule has 0 atom stereocenters. The minimum absolute atomic E-state index is 0. The van der Waals surface area contributed by atoms with Crippen molar-refractivity contribution in [3.8, 4) is 0 Å². The SMILES string of the molecule is C.C.C.C.C.CC(C)C1CCCCC1.CC(C)c1ccccc1.CCC1CCCCC1.CCc1ccccc1. The van der Waals surface area contributed by atoms with Crippen LogP contribution in [0.3, 0.4) is 0 Å². The van der Waals surface area contributed by atoms with E-state index >= 15 is 0 Å². The van der Waals surface area contributed by atoms with Crippen molar-refractivity contribution in [2.24, 2.45) is 17.8 Å². The van der Waals surface area contributed by atoms with E-state index in [4.69, 9.17) is 0 Å². The first kappa shape index (κ1) is 47.2. The van der Waals surface area contributed by atoms with Crippen molar-refractivity contribution < 1.29 is 0 Å². The van der Waals surface area contributed by atoms with Crippen LogP contribution < -0.4 is 0 Å². The molecule has 0 bridgehead atoms. The van der Waals surface area contributed by atoms with Crippen molar-refractivity contribution in [3.05, 3.63) is 71.8 Å². The highest BCUT2D eigenvalue weighted by atomic mass is 14.2. The van der Waals surface area contributed by atoms with Crippen molar-refractivity contribution in [1.82, 2.24) is 0 Å². The van der Waals surface area contributed by atoms with Crippen LogP contribution in [0.15, 0.2) is 60.7 Å². The normalized spacial score (nSPS) is 14.4. The van der Waals surface area contributed by atoms with Crippen LogP contribution in [0.4, 0.5) is 0 Å². The van der Waals surface area contributed by atoms with E-state index in [0.29, 0.717) is 5.92 Å². The maximum atomic E-state index is 2.36. The zero-order valence-corrected chi connectivity index (χ0v) is 23.6. The van der Waals surface area contributed by atoms with E-state index in [2.05, 4.69) is 90.1 Å². The van der Waals surface area contributed by atoms with Gasteiger partial charge in [-0.15, -0.1) is 0 Å². The molecule has 2 aromatic carbocycles. The molecule has 2 fully saturated rings. The molecule has 2 aliphatic carbocycles. The molecular weight excluding hydrogens is 468 g/mol. The van der Waals surface area contributed by atoms with Gasteiger partial charge in [0.2, 0.25) is 0 Å². The lowest BCUT2D eigenvalue weighted by Crippen LogP contribution is -2.12. The Morgan fingerprint density at radius 2 is 0.974 bits per heavy atom. The van der Waals surface area contributed by atoms with Crippen molar-refractivity contribution in [2.75, 3.05) is 0 Å². The molecule has 2 aliphatic rings. The summed E-state index contributed by atoms with van der Waals surface area (Å²) in [5, 5.41) is 0. The highest BCUT2D eigenvalue weighted by Crippen LogP contribution is 2.29. The molecule has 0 heterocycles. The average molecular weight is 545 g/mol. The molecule has 2 aromatic rings. The summed E-state index contributed by atoms with van der Waals surface area (Å²) in [5.74, 6) is 3.74. The van der Waals surface area contributed by atoms with Gasteiger partial charge >= 0.3 is 0 Å². The molecule has 232 valence electrons. The Morgan fingerprint density at radius 1 is 0.564 bits per heavy atom. The Labute approximate surface area is 250 Å². The monoisotopic (exact) mass is 545 g/mol. The van der Waals surface area contributed by atoms with Gasteiger partial charge in [-0.1, -0.05) is 210 Å². The minimum Gasteiger partial charge on any atom is -0.0776 e. The lowest BCUT2D eigenvalue weighted by molar-refractivity contribution is 0.279. The molecule has 2 saturated carbocycles. The lowest BCUT2D eigenvalue weighted by atomic mass is 9.82. The van der Waals surface area contributed by atoms with Gasteiger partial charge in [-0.2, -0.15) is 0 Å². The summed E-state index contributed by atoms with van der Waals surface area (Å²) in [5.41, 5.74) is 2.82. The molecule has 0 aromatic heterocycles. The lowest BCUT2D eigenvalue weighted by Gasteiger charge is -2.24. The molecule has 0 amide bonds. The molecule has 39 heavy (non-hydrogen) atoms. The molecule has 0 aliphatic heterocycles. The third-order valence-electron chi connectivity index (χ3n) is 7.61. The number of hydrogen-bond donors (Lipinski definition) is 0. The van der Waals surface area contributed by atoms with E-state index in [1.807, 2.05) is 12.1 Å². The largest absolute Gasteiger partial charge is 0.0776 e. The molecular formula is C39H76. The average Bonchev–Trinajstić information content (AvgIpc) is 2.91. The van der Waals surface area contributed by atoms with Crippen LogP contribution in [0.5, 0.6) is 0 Å². The van der Waals surface area contributed by atoms with Crippen LogP contribution in [-0.4, -0.2) is 0 Å². The Morgan fingerprint density at radius 3 is 1.23 bits per heavy atom.